The van der Waals surface area contributed by atoms with E-state index in [9.17, 15) is 5.26 Å². The highest BCUT2D eigenvalue weighted by molar-refractivity contribution is 7.78. The van der Waals surface area contributed by atoms with Gasteiger partial charge in [0, 0.05) is 16.9 Å². The average molecular weight is 579 g/mol. The molecule has 0 amide bonds. The highest BCUT2D eigenvalue weighted by atomic mass is 35.5. The number of nitrogens with two attached hydrogens (primary N) is 1. The van der Waals surface area contributed by atoms with Crippen molar-refractivity contribution in [2.45, 2.75) is 39.7 Å². The molecule has 0 saturated carbocycles. The number of hydrogen-bond acceptors (Lipinski definition) is 8. The van der Waals surface area contributed by atoms with Crippen LogP contribution in [0.4, 0.5) is 17.2 Å². The summed E-state index contributed by atoms with van der Waals surface area (Å²) in [6.07, 6.45) is 3.40. The highest BCUT2D eigenvalue weighted by Crippen LogP contribution is 2.38. The van der Waals surface area contributed by atoms with Crippen LogP contribution >= 0.6 is 11.6 Å². The van der Waals surface area contributed by atoms with Crippen LogP contribution in [0, 0.1) is 11.3 Å². The van der Waals surface area contributed by atoms with Crippen LogP contribution in [0.2, 0.25) is 0 Å². The van der Waals surface area contributed by atoms with E-state index in [4.69, 9.17) is 30.8 Å². The van der Waals surface area contributed by atoms with Crippen molar-refractivity contribution < 1.29 is 13.5 Å². The number of nitrogens with zero attached hydrogens (tertiary/aromatic N) is 4. The molecule has 0 bridgehead atoms. The normalized spacial score (nSPS) is 11.8. The minimum atomic E-state index is -1.86. The Morgan fingerprint density at radius 3 is 2.30 bits per heavy atom. The molecule has 3 aromatic carbocycles. The molecule has 0 aliphatic carbocycles. The van der Waals surface area contributed by atoms with Crippen LogP contribution in [-0.2, 0) is 17.5 Å². The Kier molecular flexibility index (Phi) is 10.5. The summed E-state index contributed by atoms with van der Waals surface area (Å²) in [4.78, 5) is 11.0. The number of hydrogen-bond donors (Lipinski definition) is 1. The van der Waals surface area contributed by atoms with Crippen molar-refractivity contribution in [1.82, 2.24) is 9.97 Å². The zero-order valence-electron chi connectivity index (χ0n) is 23.3. The van der Waals surface area contributed by atoms with Crippen molar-refractivity contribution in [3.05, 3.63) is 71.9 Å². The molecule has 10 heteroatoms. The van der Waals surface area contributed by atoms with Gasteiger partial charge in [-0.3, -0.25) is 9.19 Å². The Labute approximate surface area is 243 Å². The lowest BCUT2D eigenvalue weighted by Gasteiger charge is -2.38. The second-order valence-corrected chi connectivity index (χ2v) is 11.1. The second-order valence-electron chi connectivity index (χ2n) is 9.94. The summed E-state index contributed by atoms with van der Waals surface area (Å²) in [6, 6.07) is 20.7. The molecular weight excluding hydrogens is 546 g/mol. The van der Waals surface area contributed by atoms with Gasteiger partial charge in [0.15, 0.2) is 0 Å². The maximum Gasteiger partial charge on any atom is 0.142 e. The van der Waals surface area contributed by atoms with Gasteiger partial charge in [0.1, 0.15) is 24.2 Å². The van der Waals surface area contributed by atoms with Crippen LogP contribution < -0.4 is 15.4 Å². The fraction of sp³-hybridized carbons (Fsp3) is 0.300. The van der Waals surface area contributed by atoms with Gasteiger partial charge in [0.05, 0.1) is 28.7 Å². The molecule has 0 aliphatic heterocycles. The average Bonchev–Trinajstić information content (AvgIpc) is 2.91. The molecule has 4 rings (SSSR count). The number of ether oxygens (including phenoxy) is 1. The van der Waals surface area contributed by atoms with Crippen molar-refractivity contribution >= 4 is 50.9 Å². The van der Waals surface area contributed by atoms with E-state index in [2.05, 4.69) is 79.0 Å². The standard InChI is InChI=1S/C29H30ClN5O.CH4O2S/c1-5-19-14-24(15-22(17-31)28(19)36-13-12-30)35(29(2,3)4)23-9-6-20(7-10-23)21-8-11-25-26(16-21)33-18-27(32)34-25;1-4(2)3/h6-11,14-16,18H,5,12-13H2,1-4H3,(H2,32,34);1H3,(H,2,3)/p-1. The van der Waals surface area contributed by atoms with E-state index in [1.807, 2.05) is 24.3 Å². The molecule has 0 saturated heterocycles. The maximum absolute atomic E-state index is 9.87. The Balaban J connectivity index is 0.00000103. The molecule has 0 aliphatic rings. The molecule has 0 radical (unpaired) electrons. The van der Waals surface area contributed by atoms with Gasteiger partial charge < -0.3 is 19.9 Å². The zero-order valence-corrected chi connectivity index (χ0v) is 24.8. The van der Waals surface area contributed by atoms with Crippen molar-refractivity contribution in [1.29, 1.82) is 5.26 Å². The van der Waals surface area contributed by atoms with Crippen LogP contribution in [0.1, 0.15) is 38.8 Å². The number of nitrogen functional groups attached to an aromatic ring is 1. The van der Waals surface area contributed by atoms with Crippen molar-refractivity contribution in [3.8, 4) is 22.9 Å². The minimum absolute atomic E-state index is 0.240. The first-order valence-corrected chi connectivity index (χ1v) is 14.7. The molecule has 2 N–H and O–H groups in total. The van der Waals surface area contributed by atoms with E-state index in [-0.39, 0.29) is 5.54 Å². The van der Waals surface area contributed by atoms with Gasteiger partial charge in [-0.2, -0.15) is 5.26 Å². The molecule has 1 unspecified atom stereocenters. The third-order valence-corrected chi connectivity index (χ3v) is 6.08. The van der Waals surface area contributed by atoms with Gasteiger partial charge in [0.25, 0.3) is 0 Å². The van der Waals surface area contributed by atoms with E-state index in [1.54, 1.807) is 6.20 Å². The molecule has 0 fully saturated rings. The molecule has 40 heavy (non-hydrogen) atoms. The van der Waals surface area contributed by atoms with Crippen LogP contribution in [-0.4, -0.2) is 43.0 Å². The summed E-state index contributed by atoms with van der Waals surface area (Å²) in [5.74, 6) is 1.40. The van der Waals surface area contributed by atoms with Gasteiger partial charge >= 0.3 is 0 Å². The summed E-state index contributed by atoms with van der Waals surface area (Å²) in [5.41, 5.74) is 12.7. The Bertz CT molecular complexity index is 1530. The number of halogens is 1. The lowest BCUT2D eigenvalue weighted by atomic mass is 9.98. The predicted octanol–water partition coefficient (Wildman–Crippen LogP) is 6.36. The number of anilines is 3. The lowest BCUT2D eigenvalue weighted by molar-refractivity contribution is 0.338. The molecular formula is C30H33ClN5O3S-. The zero-order chi connectivity index (χ0) is 29.4. The van der Waals surface area contributed by atoms with Crippen LogP contribution in [0.25, 0.3) is 22.2 Å². The van der Waals surface area contributed by atoms with Crippen LogP contribution in [0.5, 0.6) is 5.75 Å². The third kappa shape index (κ3) is 7.69. The fourth-order valence-electron chi connectivity index (χ4n) is 4.39. The molecule has 1 heterocycles. The number of fused-ring (bicyclic) bond motifs is 1. The van der Waals surface area contributed by atoms with Gasteiger partial charge in [-0.25, -0.2) is 4.98 Å². The summed E-state index contributed by atoms with van der Waals surface area (Å²) in [5, 5.41) is 9.87. The number of benzene rings is 3. The quantitative estimate of drug-likeness (QED) is 0.198. The van der Waals surface area contributed by atoms with Gasteiger partial charge in [-0.05, 0) is 86.5 Å². The Morgan fingerprint density at radius 1 is 1.07 bits per heavy atom. The molecule has 1 aromatic heterocycles. The molecule has 0 spiro atoms. The van der Waals surface area contributed by atoms with Gasteiger partial charge in [-0.15, -0.1) is 11.6 Å². The van der Waals surface area contributed by atoms with Crippen LogP contribution in [0.3, 0.4) is 0 Å². The molecule has 4 aromatic rings. The van der Waals surface area contributed by atoms with Crippen molar-refractivity contribution in [2.75, 3.05) is 29.4 Å². The number of aryl methyl sites for hydroxylation is 1. The van der Waals surface area contributed by atoms with E-state index < -0.39 is 11.1 Å². The third-order valence-electron chi connectivity index (χ3n) is 5.92. The van der Waals surface area contributed by atoms with Crippen molar-refractivity contribution in [2.24, 2.45) is 0 Å². The second kappa shape index (κ2) is 13.6. The van der Waals surface area contributed by atoms with E-state index in [0.717, 1.165) is 51.8 Å². The van der Waals surface area contributed by atoms with Gasteiger partial charge in [0.2, 0.25) is 0 Å². The van der Waals surface area contributed by atoms with E-state index in [1.165, 1.54) is 0 Å². The molecule has 8 nitrogen and oxygen atoms in total. The first-order valence-electron chi connectivity index (χ1n) is 12.7. The fourth-order valence-corrected chi connectivity index (χ4v) is 4.47. The summed E-state index contributed by atoms with van der Waals surface area (Å²) in [7, 11) is 0. The lowest BCUT2D eigenvalue weighted by Crippen LogP contribution is -2.37. The summed E-state index contributed by atoms with van der Waals surface area (Å²) >= 11 is 3.97. The molecule has 210 valence electrons. The predicted molar refractivity (Wildman–Crippen MR) is 163 cm³/mol. The number of alkyl halides is 1. The number of aromatic nitrogens is 2. The Morgan fingerprint density at radius 2 is 1.73 bits per heavy atom. The molecule has 1 atom stereocenters. The van der Waals surface area contributed by atoms with E-state index in [0.29, 0.717) is 29.6 Å². The number of rotatable bonds is 7. The van der Waals surface area contributed by atoms with Crippen molar-refractivity contribution in [3.63, 3.8) is 0 Å². The van der Waals surface area contributed by atoms with E-state index >= 15 is 0 Å². The summed E-state index contributed by atoms with van der Waals surface area (Å²) < 4.78 is 23.8. The number of nitriles is 1. The maximum atomic E-state index is 9.87. The Hall–Kier alpha value is -3.71. The SMILES string of the molecule is CCc1cc(N(c2ccc(-c3ccc4nc(N)cnc4c3)cc2)C(C)(C)C)cc(C#N)c1OCCCl.CS(=O)[O-]. The van der Waals surface area contributed by atoms with Crippen LogP contribution in [0.15, 0.2) is 60.8 Å². The minimum Gasteiger partial charge on any atom is -0.773 e. The first kappa shape index (κ1) is 30.8. The summed E-state index contributed by atoms with van der Waals surface area (Å²) in [6.45, 7) is 8.89. The topological polar surface area (TPSA) is 128 Å². The largest absolute Gasteiger partial charge is 0.773 e. The smallest absolute Gasteiger partial charge is 0.142 e. The highest BCUT2D eigenvalue weighted by Gasteiger charge is 2.26. The van der Waals surface area contributed by atoms with Gasteiger partial charge in [-0.1, -0.05) is 36.2 Å². The monoisotopic (exact) mass is 578 g/mol. The first-order chi connectivity index (χ1) is 19.0.